The Balaban J connectivity index is 2.42. The molecule has 0 aromatic carbocycles. The summed E-state index contributed by atoms with van der Waals surface area (Å²) in [4.78, 5) is 10.1. The van der Waals surface area contributed by atoms with E-state index >= 15 is 0 Å². The molecule has 39 valence electrons. The smallest absolute Gasteiger partial charge is 0.126 e. The fourth-order valence-corrected chi connectivity index (χ4v) is 0.587. The van der Waals surface area contributed by atoms with E-state index in [1.54, 1.807) is 0 Å². The van der Waals surface area contributed by atoms with Gasteiger partial charge in [-0.3, -0.25) is 0 Å². The van der Waals surface area contributed by atoms with Gasteiger partial charge in [-0.25, -0.2) is 0 Å². The molecule has 0 heterocycles. The molecular formula is C6H9O. The summed E-state index contributed by atoms with van der Waals surface area (Å²) in [6.45, 7) is 3.66. The van der Waals surface area contributed by atoms with Crippen LogP contribution in [0.3, 0.4) is 0 Å². The minimum absolute atomic E-state index is 0.0417. The van der Waals surface area contributed by atoms with Crippen LogP contribution in [0.25, 0.3) is 0 Å². The standard InChI is InChI=1S/C6H9O/c1-2-6(5-7)3-4-6/h5H,1-4H2. The zero-order valence-electron chi connectivity index (χ0n) is 4.31. The third kappa shape index (κ3) is 0.671. The molecule has 0 aliphatic heterocycles. The van der Waals surface area contributed by atoms with Gasteiger partial charge in [-0.1, -0.05) is 6.92 Å². The summed E-state index contributed by atoms with van der Waals surface area (Å²) in [5.74, 6) is 0. The molecule has 0 amide bonds. The maximum Gasteiger partial charge on any atom is 0.126 e. The SMILES string of the molecule is [CH2]CC1(C=O)CC1. The number of hydrogen-bond acceptors (Lipinski definition) is 1. The number of carbonyl (C=O) groups excluding carboxylic acids is 1. The third-order valence-electron chi connectivity index (χ3n) is 1.64. The molecule has 0 N–H and O–H groups in total. The summed E-state index contributed by atoms with van der Waals surface area (Å²) in [5, 5.41) is 0. The van der Waals surface area contributed by atoms with Gasteiger partial charge in [-0.05, 0) is 19.3 Å². The van der Waals surface area contributed by atoms with Crippen molar-refractivity contribution in [3.05, 3.63) is 6.92 Å². The number of carbonyl (C=O) groups is 1. The number of aldehydes is 1. The first kappa shape index (κ1) is 4.82. The van der Waals surface area contributed by atoms with E-state index in [-0.39, 0.29) is 5.41 Å². The molecule has 1 aliphatic carbocycles. The van der Waals surface area contributed by atoms with Crippen molar-refractivity contribution in [2.24, 2.45) is 5.41 Å². The molecule has 0 aromatic rings. The fourth-order valence-electron chi connectivity index (χ4n) is 0.587. The third-order valence-corrected chi connectivity index (χ3v) is 1.64. The molecule has 1 rings (SSSR count). The second-order valence-corrected chi connectivity index (χ2v) is 2.23. The number of rotatable bonds is 2. The lowest BCUT2D eigenvalue weighted by Crippen LogP contribution is -1.97. The van der Waals surface area contributed by atoms with E-state index in [4.69, 9.17) is 0 Å². The van der Waals surface area contributed by atoms with Crippen LogP contribution in [0.4, 0.5) is 0 Å². The lowest BCUT2D eigenvalue weighted by molar-refractivity contribution is -0.112. The molecule has 0 saturated heterocycles. The first-order chi connectivity index (χ1) is 3.33. The van der Waals surface area contributed by atoms with Crippen molar-refractivity contribution in [2.75, 3.05) is 0 Å². The Morgan fingerprint density at radius 1 is 1.71 bits per heavy atom. The Morgan fingerprint density at radius 2 is 2.29 bits per heavy atom. The molecule has 0 spiro atoms. The first-order valence-corrected chi connectivity index (χ1v) is 2.59. The molecule has 7 heavy (non-hydrogen) atoms. The van der Waals surface area contributed by atoms with Crippen LogP contribution >= 0.6 is 0 Å². The van der Waals surface area contributed by atoms with Crippen molar-refractivity contribution in [3.63, 3.8) is 0 Å². The molecule has 1 aliphatic rings. The van der Waals surface area contributed by atoms with E-state index in [1.165, 1.54) is 0 Å². The van der Waals surface area contributed by atoms with Crippen molar-refractivity contribution < 1.29 is 4.79 Å². The van der Waals surface area contributed by atoms with E-state index in [2.05, 4.69) is 6.92 Å². The second-order valence-electron chi connectivity index (χ2n) is 2.23. The van der Waals surface area contributed by atoms with E-state index in [9.17, 15) is 4.79 Å². The van der Waals surface area contributed by atoms with Crippen LogP contribution < -0.4 is 0 Å². The van der Waals surface area contributed by atoms with Crippen LogP contribution in [0, 0.1) is 12.3 Å². The highest BCUT2D eigenvalue weighted by atomic mass is 16.1. The van der Waals surface area contributed by atoms with Gasteiger partial charge >= 0.3 is 0 Å². The van der Waals surface area contributed by atoms with Gasteiger partial charge in [0.2, 0.25) is 0 Å². The zero-order valence-corrected chi connectivity index (χ0v) is 4.31. The van der Waals surface area contributed by atoms with Gasteiger partial charge in [0.1, 0.15) is 6.29 Å². The summed E-state index contributed by atoms with van der Waals surface area (Å²) < 4.78 is 0. The lowest BCUT2D eigenvalue weighted by Gasteiger charge is -1.95. The molecular weight excluding hydrogens is 88.1 g/mol. The minimum Gasteiger partial charge on any atom is -0.303 e. The van der Waals surface area contributed by atoms with E-state index in [0.29, 0.717) is 0 Å². The highest BCUT2D eigenvalue weighted by molar-refractivity contribution is 5.63. The average molecular weight is 97.1 g/mol. The number of hydrogen-bond donors (Lipinski definition) is 0. The quantitative estimate of drug-likeness (QED) is 0.473. The maximum atomic E-state index is 10.1. The van der Waals surface area contributed by atoms with Crippen LogP contribution in [-0.2, 0) is 4.79 Å². The Labute approximate surface area is 43.7 Å². The minimum atomic E-state index is 0.0417. The van der Waals surface area contributed by atoms with E-state index in [1.807, 2.05) is 0 Å². The van der Waals surface area contributed by atoms with Crippen molar-refractivity contribution >= 4 is 6.29 Å². The van der Waals surface area contributed by atoms with Crippen molar-refractivity contribution in [3.8, 4) is 0 Å². The molecule has 0 bridgehead atoms. The van der Waals surface area contributed by atoms with Gasteiger partial charge in [0.05, 0.1) is 0 Å². The van der Waals surface area contributed by atoms with E-state index in [0.717, 1.165) is 25.5 Å². The van der Waals surface area contributed by atoms with E-state index < -0.39 is 0 Å². The van der Waals surface area contributed by atoms with Gasteiger partial charge < -0.3 is 4.79 Å². The van der Waals surface area contributed by atoms with Crippen LogP contribution in [-0.4, -0.2) is 6.29 Å². The predicted octanol–water partition coefficient (Wildman–Crippen LogP) is 1.19. The zero-order chi connectivity index (χ0) is 5.33. The Morgan fingerprint density at radius 3 is 2.29 bits per heavy atom. The van der Waals surface area contributed by atoms with Gasteiger partial charge in [-0.15, -0.1) is 0 Å². The summed E-state index contributed by atoms with van der Waals surface area (Å²) in [6, 6.07) is 0. The van der Waals surface area contributed by atoms with Gasteiger partial charge in [0, 0.05) is 5.41 Å². The Hall–Kier alpha value is -0.330. The van der Waals surface area contributed by atoms with Gasteiger partial charge in [0.25, 0.3) is 0 Å². The predicted molar refractivity (Wildman–Crippen MR) is 27.7 cm³/mol. The molecule has 1 saturated carbocycles. The van der Waals surface area contributed by atoms with Crippen molar-refractivity contribution in [1.29, 1.82) is 0 Å². The highest BCUT2D eigenvalue weighted by Crippen LogP contribution is 2.45. The molecule has 0 aromatic heterocycles. The van der Waals surface area contributed by atoms with Crippen LogP contribution in [0.2, 0.25) is 0 Å². The van der Waals surface area contributed by atoms with Gasteiger partial charge in [0.15, 0.2) is 0 Å². The summed E-state index contributed by atoms with van der Waals surface area (Å²) in [7, 11) is 0. The molecule has 1 nitrogen and oxygen atoms in total. The average Bonchev–Trinajstić information content (AvgIpc) is 2.46. The molecule has 1 radical (unpaired) electrons. The highest BCUT2D eigenvalue weighted by Gasteiger charge is 2.40. The molecule has 0 atom stereocenters. The molecule has 0 unspecified atom stereocenters. The van der Waals surface area contributed by atoms with Crippen molar-refractivity contribution in [2.45, 2.75) is 19.3 Å². The lowest BCUT2D eigenvalue weighted by atomic mass is 10.1. The maximum absolute atomic E-state index is 10.1. The second kappa shape index (κ2) is 1.32. The largest absolute Gasteiger partial charge is 0.303 e. The van der Waals surface area contributed by atoms with Crippen molar-refractivity contribution in [1.82, 2.24) is 0 Å². The fraction of sp³-hybridized carbons (Fsp3) is 0.667. The Bertz CT molecular complexity index is 82.2. The topological polar surface area (TPSA) is 17.1 Å². The summed E-state index contributed by atoms with van der Waals surface area (Å²) in [6.07, 6.45) is 3.97. The van der Waals surface area contributed by atoms with Gasteiger partial charge in [-0.2, -0.15) is 0 Å². The summed E-state index contributed by atoms with van der Waals surface area (Å²) >= 11 is 0. The molecule has 1 fully saturated rings. The Kier molecular flexibility index (Phi) is 0.911. The first-order valence-electron chi connectivity index (χ1n) is 2.59. The van der Waals surface area contributed by atoms with Crippen LogP contribution in [0.5, 0.6) is 0 Å². The summed E-state index contributed by atoms with van der Waals surface area (Å²) in [5.41, 5.74) is 0.0417. The monoisotopic (exact) mass is 97.1 g/mol. The molecule has 1 heteroatoms. The van der Waals surface area contributed by atoms with Crippen LogP contribution in [0.1, 0.15) is 19.3 Å². The van der Waals surface area contributed by atoms with Crippen LogP contribution in [0.15, 0.2) is 0 Å². The normalized spacial score (nSPS) is 24.1.